The molecule has 0 amide bonds. The second-order valence-corrected chi connectivity index (χ2v) is 5.75. The molecule has 0 saturated carbocycles. The number of nitrogens with one attached hydrogen (secondary N) is 1. The second-order valence-electron chi connectivity index (χ2n) is 5.75. The smallest absolute Gasteiger partial charge is 0.00324 e. The van der Waals surface area contributed by atoms with E-state index >= 15 is 0 Å². The van der Waals surface area contributed by atoms with Gasteiger partial charge in [-0.2, -0.15) is 0 Å². The van der Waals surface area contributed by atoms with Crippen LogP contribution in [0.1, 0.15) is 42.9 Å². The first-order valence-corrected chi connectivity index (χ1v) is 6.70. The summed E-state index contributed by atoms with van der Waals surface area (Å²) in [6.45, 7) is 6.89. The Morgan fingerprint density at radius 3 is 3.12 bits per heavy atom. The van der Waals surface area contributed by atoms with Crippen LogP contribution in [0, 0.1) is 5.41 Å². The molecule has 1 aliphatic heterocycles. The molecular weight excluding hydrogens is 206 g/mol. The predicted molar refractivity (Wildman–Crippen MR) is 73.2 cm³/mol. The van der Waals surface area contributed by atoms with Crippen molar-refractivity contribution in [2.75, 3.05) is 13.1 Å². The van der Waals surface area contributed by atoms with Gasteiger partial charge in [0.05, 0.1) is 0 Å². The molecule has 1 fully saturated rings. The van der Waals surface area contributed by atoms with Crippen molar-refractivity contribution in [3.8, 4) is 0 Å². The zero-order chi connectivity index (χ0) is 11.9. The Morgan fingerprint density at radius 1 is 1.41 bits per heavy atom. The minimum Gasteiger partial charge on any atom is -0.316 e. The lowest BCUT2D eigenvalue weighted by Gasteiger charge is -2.37. The lowest BCUT2D eigenvalue weighted by atomic mass is 9.66. The molecule has 1 aromatic carbocycles. The molecule has 1 aromatic rings. The SMILES string of the molecule is C/C=C\c1cccc2c1CC[C@@]1(C)CNC[C@H]21. The second kappa shape index (κ2) is 3.99. The van der Waals surface area contributed by atoms with Crippen LogP contribution in [-0.4, -0.2) is 13.1 Å². The average molecular weight is 227 g/mol. The third-order valence-electron chi connectivity index (χ3n) is 4.63. The van der Waals surface area contributed by atoms with E-state index in [1.807, 2.05) is 0 Å². The fourth-order valence-corrected chi connectivity index (χ4v) is 3.60. The van der Waals surface area contributed by atoms with Crippen molar-refractivity contribution in [2.45, 2.75) is 32.6 Å². The van der Waals surface area contributed by atoms with Gasteiger partial charge in [-0.25, -0.2) is 0 Å². The number of fused-ring (bicyclic) bond motifs is 3. The fourth-order valence-electron chi connectivity index (χ4n) is 3.60. The highest BCUT2D eigenvalue weighted by Crippen LogP contribution is 2.48. The maximum atomic E-state index is 3.58. The molecule has 90 valence electrons. The van der Waals surface area contributed by atoms with Crippen LogP contribution in [0.3, 0.4) is 0 Å². The molecule has 1 heteroatoms. The molecule has 1 nitrogen and oxygen atoms in total. The summed E-state index contributed by atoms with van der Waals surface area (Å²) >= 11 is 0. The van der Waals surface area contributed by atoms with Crippen molar-refractivity contribution < 1.29 is 0 Å². The normalized spacial score (nSPS) is 31.5. The Bertz CT molecular complexity index is 461. The lowest BCUT2D eigenvalue weighted by molar-refractivity contribution is 0.277. The van der Waals surface area contributed by atoms with Gasteiger partial charge in [-0.15, -0.1) is 0 Å². The van der Waals surface area contributed by atoms with E-state index in [1.165, 1.54) is 24.9 Å². The van der Waals surface area contributed by atoms with Gasteiger partial charge in [-0.1, -0.05) is 37.3 Å². The van der Waals surface area contributed by atoms with Gasteiger partial charge in [0, 0.05) is 19.0 Å². The molecule has 17 heavy (non-hydrogen) atoms. The van der Waals surface area contributed by atoms with Crippen LogP contribution in [0.25, 0.3) is 6.08 Å². The Balaban J connectivity index is 2.10. The van der Waals surface area contributed by atoms with Crippen LogP contribution < -0.4 is 5.32 Å². The van der Waals surface area contributed by atoms with E-state index in [0.29, 0.717) is 5.41 Å². The number of benzene rings is 1. The number of allylic oxidation sites excluding steroid dienone is 1. The average Bonchev–Trinajstić information content (AvgIpc) is 2.72. The minimum absolute atomic E-state index is 0.488. The van der Waals surface area contributed by atoms with Gasteiger partial charge in [-0.05, 0) is 41.9 Å². The van der Waals surface area contributed by atoms with Crippen LogP contribution in [0.4, 0.5) is 0 Å². The molecule has 1 heterocycles. The summed E-state index contributed by atoms with van der Waals surface area (Å²) in [7, 11) is 0. The van der Waals surface area contributed by atoms with Gasteiger partial charge in [0.15, 0.2) is 0 Å². The molecule has 0 unspecified atom stereocenters. The van der Waals surface area contributed by atoms with E-state index in [9.17, 15) is 0 Å². The van der Waals surface area contributed by atoms with Gasteiger partial charge < -0.3 is 5.32 Å². The van der Waals surface area contributed by atoms with Gasteiger partial charge in [0.1, 0.15) is 0 Å². The summed E-state index contributed by atoms with van der Waals surface area (Å²) in [5, 5.41) is 3.58. The van der Waals surface area contributed by atoms with Crippen LogP contribution in [0.2, 0.25) is 0 Å². The molecule has 0 spiro atoms. The van der Waals surface area contributed by atoms with Crippen molar-refractivity contribution in [1.82, 2.24) is 5.32 Å². The summed E-state index contributed by atoms with van der Waals surface area (Å²) in [5.74, 6) is 0.719. The van der Waals surface area contributed by atoms with E-state index < -0.39 is 0 Å². The maximum absolute atomic E-state index is 3.58. The molecule has 1 N–H and O–H groups in total. The maximum Gasteiger partial charge on any atom is 0.00324 e. The monoisotopic (exact) mass is 227 g/mol. The van der Waals surface area contributed by atoms with Crippen molar-refractivity contribution in [3.05, 3.63) is 41.0 Å². The Hall–Kier alpha value is -1.08. The van der Waals surface area contributed by atoms with Crippen LogP contribution in [0.15, 0.2) is 24.3 Å². The third kappa shape index (κ3) is 1.64. The topological polar surface area (TPSA) is 12.0 Å². The van der Waals surface area contributed by atoms with Crippen molar-refractivity contribution in [3.63, 3.8) is 0 Å². The summed E-state index contributed by atoms with van der Waals surface area (Å²) in [5.41, 5.74) is 5.11. The standard InChI is InChI=1S/C16H21N/c1-3-5-12-6-4-7-14-13(12)8-9-16(2)11-17-10-15(14)16/h3-7,15,17H,8-11H2,1-2H3/b5-3-/t15-,16+/m1/s1. The molecule has 1 aliphatic carbocycles. The minimum atomic E-state index is 0.488. The molecule has 0 aromatic heterocycles. The molecule has 2 atom stereocenters. The van der Waals surface area contributed by atoms with Crippen LogP contribution in [0.5, 0.6) is 0 Å². The summed E-state index contributed by atoms with van der Waals surface area (Å²) in [4.78, 5) is 0. The van der Waals surface area contributed by atoms with Crippen LogP contribution in [-0.2, 0) is 6.42 Å². The number of hydrogen-bond acceptors (Lipinski definition) is 1. The quantitative estimate of drug-likeness (QED) is 0.775. The van der Waals surface area contributed by atoms with Gasteiger partial charge in [0.25, 0.3) is 0 Å². The number of hydrogen-bond donors (Lipinski definition) is 1. The first-order chi connectivity index (χ1) is 8.24. The van der Waals surface area contributed by atoms with Crippen molar-refractivity contribution >= 4 is 6.08 Å². The molecule has 3 rings (SSSR count). The first-order valence-electron chi connectivity index (χ1n) is 6.70. The Labute approximate surface area is 104 Å². The first kappa shape index (κ1) is 11.0. The van der Waals surface area contributed by atoms with Crippen molar-refractivity contribution in [1.29, 1.82) is 0 Å². The van der Waals surface area contributed by atoms with E-state index in [1.54, 1.807) is 11.1 Å². The van der Waals surface area contributed by atoms with E-state index in [-0.39, 0.29) is 0 Å². The fraction of sp³-hybridized carbons (Fsp3) is 0.500. The highest BCUT2D eigenvalue weighted by molar-refractivity contribution is 5.57. The summed E-state index contributed by atoms with van der Waals surface area (Å²) < 4.78 is 0. The highest BCUT2D eigenvalue weighted by Gasteiger charge is 2.43. The zero-order valence-electron chi connectivity index (χ0n) is 10.8. The van der Waals surface area contributed by atoms with Gasteiger partial charge in [0.2, 0.25) is 0 Å². The molecule has 0 radical (unpaired) electrons. The largest absolute Gasteiger partial charge is 0.316 e. The van der Waals surface area contributed by atoms with Gasteiger partial charge in [-0.3, -0.25) is 0 Å². The predicted octanol–water partition coefficient (Wildman–Crippen LogP) is 3.36. The molecule has 0 bridgehead atoms. The highest BCUT2D eigenvalue weighted by atomic mass is 14.9. The van der Waals surface area contributed by atoms with Crippen molar-refractivity contribution in [2.24, 2.45) is 5.41 Å². The zero-order valence-corrected chi connectivity index (χ0v) is 10.8. The van der Waals surface area contributed by atoms with Gasteiger partial charge >= 0.3 is 0 Å². The summed E-state index contributed by atoms with van der Waals surface area (Å²) in [6, 6.07) is 6.82. The van der Waals surface area contributed by atoms with Crippen LogP contribution >= 0.6 is 0 Å². The van der Waals surface area contributed by atoms with E-state index in [2.05, 4.69) is 49.5 Å². The van der Waals surface area contributed by atoms with E-state index in [0.717, 1.165) is 12.5 Å². The molecule has 2 aliphatic rings. The summed E-state index contributed by atoms with van der Waals surface area (Å²) in [6.07, 6.45) is 6.97. The van der Waals surface area contributed by atoms with E-state index in [4.69, 9.17) is 0 Å². The Kier molecular flexibility index (Phi) is 2.59. The third-order valence-corrected chi connectivity index (χ3v) is 4.63. The number of rotatable bonds is 1. The lowest BCUT2D eigenvalue weighted by Crippen LogP contribution is -2.30. The Morgan fingerprint density at radius 2 is 2.29 bits per heavy atom. The molecule has 1 saturated heterocycles. The molecular formula is C16H21N.